The summed E-state index contributed by atoms with van der Waals surface area (Å²) in [4.78, 5) is 0.170. The van der Waals surface area contributed by atoms with Gasteiger partial charge in [0.1, 0.15) is 5.75 Å². The maximum atomic E-state index is 12.1. The van der Waals surface area contributed by atoms with Gasteiger partial charge in [-0.25, -0.2) is 13.1 Å². The summed E-state index contributed by atoms with van der Waals surface area (Å²) < 4.78 is 37.3. The Morgan fingerprint density at radius 2 is 1.86 bits per heavy atom. The average Bonchev–Trinajstić information content (AvgIpc) is 2.46. The third-order valence-electron chi connectivity index (χ3n) is 2.95. The van der Waals surface area contributed by atoms with Gasteiger partial charge >= 0.3 is 0 Å². The molecule has 0 spiro atoms. The van der Waals surface area contributed by atoms with Gasteiger partial charge in [0.05, 0.1) is 17.1 Å². The second-order valence-electron chi connectivity index (χ2n) is 5.19. The summed E-state index contributed by atoms with van der Waals surface area (Å²) in [5.41, 5.74) is -0.569. The molecular weight excluding hydrogens is 294 g/mol. The zero-order chi connectivity index (χ0) is 15.9. The van der Waals surface area contributed by atoms with Crippen molar-refractivity contribution in [3.05, 3.63) is 24.3 Å². The SMILES string of the molecule is COC(C)(C)CNS(=O)(=O)c1ccc(OCCCO)cc1. The van der Waals surface area contributed by atoms with Gasteiger partial charge in [0.2, 0.25) is 10.0 Å². The van der Waals surface area contributed by atoms with Crippen LogP contribution in [0.5, 0.6) is 5.75 Å². The second kappa shape index (κ2) is 7.74. The van der Waals surface area contributed by atoms with E-state index in [-0.39, 0.29) is 18.0 Å². The van der Waals surface area contributed by atoms with Crippen molar-refractivity contribution in [2.75, 3.05) is 26.9 Å². The molecule has 0 aliphatic carbocycles. The van der Waals surface area contributed by atoms with Crippen molar-refractivity contribution in [3.8, 4) is 5.75 Å². The first kappa shape index (κ1) is 17.9. The van der Waals surface area contributed by atoms with Crippen LogP contribution in [0.25, 0.3) is 0 Å². The quantitative estimate of drug-likeness (QED) is 0.667. The molecule has 0 radical (unpaired) electrons. The van der Waals surface area contributed by atoms with Crippen LogP contribution in [0.15, 0.2) is 29.2 Å². The molecule has 0 aromatic heterocycles. The molecule has 0 saturated carbocycles. The van der Waals surface area contributed by atoms with E-state index in [1.807, 2.05) is 0 Å². The van der Waals surface area contributed by atoms with Gasteiger partial charge in [0, 0.05) is 26.7 Å². The van der Waals surface area contributed by atoms with E-state index in [1.54, 1.807) is 26.0 Å². The molecule has 1 aromatic rings. The van der Waals surface area contributed by atoms with E-state index in [1.165, 1.54) is 19.2 Å². The highest BCUT2D eigenvalue weighted by Gasteiger charge is 2.21. The molecule has 0 saturated heterocycles. The van der Waals surface area contributed by atoms with Crippen LogP contribution in [0.2, 0.25) is 0 Å². The van der Waals surface area contributed by atoms with Crippen LogP contribution in [0.1, 0.15) is 20.3 Å². The van der Waals surface area contributed by atoms with E-state index in [4.69, 9.17) is 14.6 Å². The lowest BCUT2D eigenvalue weighted by atomic mass is 10.1. The molecule has 0 fully saturated rings. The Bertz CT molecular complexity index is 525. The lowest BCUT2D eigenvalue weighted by Crippen LogP contribution is -2.39. The molecule has 7 heteroatoms. The van der Waals surface area contributed by atoms with Crippen molar-refractivity contribution >= 4 is 10.0 Å². The van der Waals surface area contributed by atoms with E-state index in [0.29, 0.717) is 18.8 Å². The molecule has 0 amide bonds. The van der Waals surface area contributed by atoms with Gasteiger partial charge in [-0.05, 0) is 38.1 Å². The molecule has 1 aromatic carbocycles. The van der Waals surface area contributed by atoms with E-state index >= 15 is 0 Å². The summed E-state index contributed by atoms with van der Waals surface area (Å²) in [7, 11) is -2.04. The number of benzene rings is 1. The number of aliphatic hydroxyl groups excluding tert-OH is 1. The zero-order valence-corrected chi connectivity index (χ0v) is 13.4. The number of rotatable bonds is 9. The van der Waals surface area contributed by atoms with Crippen LogP contribution >= 0.6 is 0 Å². The van der Waals surface area contributed by atoms with Crippen molar-refractivity contribution in [1.29, 1.82) is 0 Å². The maximum absolute atomic E-state index is 12.1. The number of hydrogen-bond acceptors (Lipinski definition) is 5. The standard InChI is InChI=1S/C14H23NO5S/c1-14(2,19-3)11-15-21(17,18)13-7-5-12(6-8-13)20-10-4-9-16/h5-8,15-16H,4,9-11H2,1-3H3. The summed E-state index contributed by atoms with van der Waals surface area (Å²) in [6, 6.07) is 6.15. The molecule has 0 aliphatic heterocycles. The summed E-state index contributed by atoms with van der Waals surface area (Å²) in [5, 5.41) is 8.66. The van der Waals surface area contributed by atoms with Crippen LogP contribution in [0.3, 0.4) is 0 Å². The van der Waals surface area contributed by atoms with Gasteiger partial charge < -0.3 is 14.6 Å². The summed E-state index contributed by atoms with van der Waals surface area (Å²) in [6.07, 6.45) is 0.535. The van der Waals surface area contributed by atoms with Gasteiger partial charge in [-0.1, -0.05) is 0 Å². The predicted molar refractivity (Wildman–Crippen MR) is 79.9 cm³/mol. The monoisotopic (exact) mass is 317 g/mol. The molecule has 21 heavy (non-hydrogen) atoms. The van der Waals surface area contributed by atoms with Crippen molar-refractivity contribution in [3.63, 3.8) is 0 Å². The molecule has 0 unspecified atom stereocenters. The largest absolute Gasteiger partial charge is 0.494 e. The Morgan fingerprint density at radius 3 is 2.38 bits per heavy atom. The Kier molecular flexibility index (Phi) is 6.60. The molecule has 0 heterocycles. The van der Waals surface area contributed by atoms with E-state index in [9.17, 15) is 8.42 Å². The fourth-order valence-corrected chi connectivity index (χ4v) is 2.59. The Morgan fingerprint density at radius 1 is 1.24 bits per heavy atom. The minimum Gasteiger partial charge on any atom is -0.494 e. The molecule has 0 bridgehead atoms. The van der Waals surface area contributed by atoms with Crippen molar-refractivity contribution in [2.45, 2.75) is 30.8 Å². The highest BCUT2D eigenvalue weighted by Crippen LogP contribution is 2.16. The summed E-state index contributed by atoms with van der Waals surface area (Å²) in [5.74, 6) is 0.569. The fraction of sp³-hybridized carbons (Fsp3) is 0.571. The first-order valence-electron chi connectivity index (χ1n) is 6.69. The topological polar surface area (TPSA) is 84.9 Å². The Labute approximate surface area is 126 Å². The van der Waals surface area contributed by atoms with Crippen molar-refractivity contribution in [2.24, 2.45) is 0 Å². The number of aliphatic hydroxyl groups is 1. The fourth-order valence-electron chi connectivity index (χ4n) is 1.39. The zero-order valence-electron chi connectivity index (χ0n) is 12.6. The van der Waals surface area contributed by atoms with Gasteiger partial charge in [0.15, 0.2) is 0 Å². The molecule has 1 rings (SSSR count). The van der Waals surface area contributed by atoms with E-state index in [2.05, 4.69) is 4.72 Å². The smallest absolute Gasteiger partial charge is 0.240 e. The van der Waals surface area contributed by atoms with Gasteiger partial charge in [-0.3, -0.25) is 0 Å². The molecule has 0 aliphatic rings. The number of methoxy groups -OCH3 is 1. The average molecular weight is 317 g/mol. The number of ether oxygens (including phenoxy) is 2. The minimum absolute atomic E-state index is 0.0612. The van der Waals surface area contributed by atoms with E-state index < -0.39 is 15.6 Å². The van der Waals surface area contributed by atoms with Crippen LogP contribution in [-0.4, -0.2) is 46.0 Å². The third-order valence-corrected chi connectivity index (χ3v) is 4.36. The lowest BCUT2D eigenvalue weighted by molar-refractivity contribution is 0.0276. The number of nitrogens with one attached hydrogen (secondary N) is 1. The van der Waals surface area contributed by atoms with Crippen molar-refractivity contribution in [1.82, 2.24) is 4.72 Å². The summed E-state index contributed by atoms with van der Waals surface area (Å²) >= 11 is 0. The highest BCUT2D eigenvalue weighted by molar-refractivity contribution is 7.89. The van der Waals surface area contributed by atoms with Crippen molar-refractivity contribution < 1.29 is 23.0 Å². The third kappa shape index (κ3) is 6.01. The minimum atomic E-state index is -3.57. The first-order chi connectivity index (χ1) is 9.80. The van der Waals surface area contributed by atoms with Gasteiger partial charge in [0.25, 0.3) is 0 Å². The summed E-state index contributed by atoms with van der Waals surface area (Å²) in [6.45, 7) is 4.23. The number of hydrogen-bond donors (Lipinski definition) is 2. The molecular formula is C14H23NO5S. The molecule has 6 nitrogen and oxygen atoms in total. The van der Waals surface area contributed by atoms with Crippen LogP contribution in [0, 0.1) is 0 Å². The lowest BCUT2D eigenvalue weighted by Gasteiger charge is -2.23. The predicted octanol–water partition coefficient (Wildman–Crippen LogP) is 1.15. The molecule has 0 atom stereocenters. The number of sulfonamides is 1. The van der Waals surface area contributed by atoms with Crippen LogP contribution < -0.4 is 9.46 Å². The molecule has 2 N–H and O–H groups in total. The van der Waals surface area contributed by atoms with Crippen LogP contribution in [-0.2, 0) is 14.8 Å². The van der Waals surface area contributed by atoms with E-state index in [0.717, 1.165) is 0 Å². The Balaban J connectivity index is 2.67. The van der Waals surface area contributed by atoms with Gasteiger partial charge in [-0.2, -0.15) is 0 Å². The highest BCUT2D eigenvalue weighted by atomic mass is 32.2. The maximum Gasteiger partial charge on any atom is 0.240 e. The molecule has 120 valence electrons. The Hall–Kier alpha value is -1.15. The second-order valence-corrected chi connectivity index (χ2v) is 6.95. The normalized spacial score (nSPS) is 12.4. The van der Waals surface area contributed by atoms with Crippen LogP contribution in [0.4, 0.5) is 0 Å². The first-order valence-corrected chi connectivity index (χ1v) is 8.17. The van der Waals surface area contributed by atoms with Gasteiger partial charge in [-0.15, -0.1) is 0 Å².